The molecule has 0 amide bonds. The molecule has 0 fully saturated rings. The molecule has 0 saturated carbocycles. The van der Waals surface area contributed by atoms with Crippen molar-refractivity contribution >= 4 is 0 Å². The average molecular weight is 271 g/mol. The molecule has 104 valence electrons. The van der Waals surface area contributed by atoms with E-state index in [2.05, 4.69) is 14.9 Å². The van der Waals surface area contributed by atoms with Crippen LogP contribution in [0.2, 0.25) is 0 Å². The van der Waals surface area contributed by atoms with Crippen molar-refractivity contribution in [3.63, 3.8) is 0 Å². The second kappa shape index (κ2) is 6.10. The molecular weight excluding hydrogens is 258 g/mol. The van der Waals surface area contributed by atoms with Crippen LogP contribution in [0, 0.1) is 0 Å². The highest BCUT2D eigenvalue weighted by Crippen LogP contribution is 2.23. The van der Waals surface area contributed by atoms with Gasteiger partial charge in [-0.15, -0.1) is 0 Å². The van der Waals surface area contributed by atoms with Crippen LogP contribution in [-0.2, 0) is 17.8 Å². The summed E-state index contributed by atoms with van der Waals surface area (Å²) >= 11 is 0. The summed E-state index contributed by atoms with van der Waals surface area (Å²) in [7, 11) is 0. The predicted molar refractivity (Wildman–Crippen MR) is 52.3 cm³/mol. The van der Waals surface area contributed by atoms with Gasteiger partial charge in [0.05, 0.1) is 0 Å². The zero-order chi connectivity index (χ0) is 13.8. The molecule has 0 saturated heterocycles. The van der Waals surface area contributed by atoms with Crippen LogP contribution in [0.3, 0.4) is 0 Å². The number of nitrogens with zero attached hydrogens (tertiary/aromatic N) is 2. The smallest absolute Gasteiger partial charge is 0.330 e. The Morgan fingerprint density at radius 2 is 2.11 bits per heavy atom. The van der Waals surface area contributed by atoms with Gasteiger partial charge in [0.15, 0.2) is 5.82 Å². The van der Waals surface area contributed by atoms with Crippen molar-refractivity contribution in [2.45, 2.75) is 38.3 Å². The van der Waals surface area contributed by atoms with Crippen molar-refractivity contribution in [3.8, 4) is 0 Å². The van der Waals surface area contributed by atoms with Gasteiger partial charge in [-0.05, 0) is 6.92 Å². The summed E-state index contributed by atoms with van der Waals surface area (Å²) in [5.41, 5.74) is 5.48. The third kappa shape index (κ3) is 4.57. The normalized spacial score (nSPS) is 14.2. The Balaban J connectivity index is 2.38. The lowest BCUT2D eigenvalue weighted by atomic mass is 10.2. The SMILES string of the molecule is CC(N)Cc1nc(COCC(F)(F)C(F)F)no1. The molecule has 0 spiro atoms. The van der Waals surface area contributed by atoms with E-state index in [-0.39, 0.29) is 17.8 Å². The first-order valence-corrected chi connectivity index (χ1v) is 5.12. The van der Waals surface area contributed by atoms with E-state index >= 15 is 0 Å². The van der Waals surface area contributed by atoms with Crippen LogP contribution in [-0.4, -0.2) is 35.1 Å². The zero-order valence-electron chi connectivity index (χ0n) is 9.58. The second-order valence-electron chi connectivity index (χ2n) is 3.84. The minimum Gasteiger partial charge on any atom is -0.367 e. The summed E-state index contributed by atoms with van der Waals surface area (Å²) in [4.78, 5) is 3.80. The Morgan fingerprint density at radius 1 is 1.44 bits per heavy atom. The molecule has 1 aromatic heterocycles. The number of halogens is 4. The zero-order valence-corrected chi connectivity index (χ0v) is 9.58. The summed E-state index contributed by atoms with van der Waals surface area (Å²) in [5, 5.41) is 3.43. The fourth-order valence-electron chi connectivity index (χ4n) is 1.05. The van der Waals surface area contributed by atoms with Gasteiger partial charge in [0.2, 0.25) is 5.89 Å². The maximum atomic E-state index is 12.5. The van der Waals surface area contributed by atoms with E-state index in [4.69, 9.17) is 10.3 Å². The Bertz CT molecular complexity index is 370. The van der Waals surface area contributed by atoms with Crippen LogP contribution >= 0.6 is 0 Å². The molecule has 1 aromatic rings. The fourth-order valence-corrected chi connectivity index (χ4v) is 1.05. The lowest BCUT2D eigenvalue weighted by molar-refractivity contribution is -0.168. The van der Waals surface area contributed by atoms with Crippen LogP contribution in [0.4, 0.5) is 17.6 Å². The van der Waals surface area contributed by atoms with Crippen molar-refractivity contribution in [1.82, 2.24) is 10.1 Å². The molecule has 0 aliphatic heterocycles. The van der Waals surface area contributed by atoms with E-state index in [1.54, 1.807) is 6.92 Å². The van der Waals surface area contributed by atoms with E-state index in [1.165, 1.54) is 0 Å². The fraction of sp³-hybridized carbons (Fsp3) is 0.778. The molecule has 0 aromatic carbocycles. The predicted octanol–water partition coefficient (Wildman–Crippen LogP) is 1.38. The van der Waals surface area contributed by atoms with Crippen molar-refractivity contribution in [2.24, 2.45) is 5.73 Å². The van der Waals surface area contributed by atoms with Gasteiger partial charge in [-0.25, -0.2) is 8.78 Å². The number of ether oxygens (including phenoxy) is 1. The van der Waals surface area contributed by atoms with Gasteiger partial charge < -0.3 is 15.0 Å². The average Bonchev–Trinajstić information content (AvgIpc) is 2.64. The van der Waals surface area contributed by atoms with Crippen LogP contribution in [0.5, 0.6) is 0 Å². The maximum Gasteiger partial charge on any atom is 0.330 e. The van der Waals surface area contributed by atoms with Gasteiger partial charge in [0.25, 0.3) is 0 Å². The van der Waals surface area contributed by atoms with Gasteiger partial charge in [-0.1, -0.05) is 5.16 Å². The first-order valence-electron chi connectivity index (χ1n) is 5.12. The highest BCUT2D eigenvalue weighted by molar-refractivity contribution is 4.86. The molecular formula is C9H13F4N3O2. The highest BCUT2D eigenvalue weighted by Gasteiger charge is 2.41. The van der Waals surface area contributed by atoms with Gasteiger partial charge >= 0.3 is 12.3 Å². The molecule has 0 radical (unpaired) electrons. The van der Waals surface area contributed by atoms with Crippen molar-refractivity contribution < 1.29 is 26.8 Å². The third-order valence-electron chi connectivity index (χ3n) is 1.85. The number of hydrogen-bond donors (Lipinski definition) is 1. The van der Waals surface area contributed by atoms with Crippen LogP contribution in [0.25, 0.3) is 0 Å². The quantitative estimate of drug-likeness (QED) is 0.758. The Hall–Kier alpha value is -1.22. The third-order valence-corrected chi connectivity index (χ3v) is 1.85. The summed E-state index contributed by atoms with van der Waals surface area (Å²) < 4.78 is 57.7. The minimum absolute atomic E-state index is 0.00992. The molecule has 1 rings (SSSR count). The topological polar surface area (TPSA) is 74.2 Å². The number of alkyl halides is 4. The number of rotatable bonds is 7. The lowest BCUT2D eigenvalue weighted by Crippen LogP contribution is -2.32. The molecule has 0 aliphatic carbocycles. The number of nitrogens with two attached hydrogens (primary N) is 1. The molecule has 1 heterocycles. The van der Waals surface area contributed by atoms with E-state index in [0.29, 0.717) is 6.42 Å². The highest BCUT2D eigenvalue weighted by atomic mass is 19.3. The minimum atomic E-state index is -4.18. The number of hydrogen-bond acceptors (Lipinski definition) is 5. The second-order valence-corrected chi connectivity index (χ2v) is 3.84. The molecule has 1 atom stereocenters. The largest absolute Gasteiger partial charge is 0.367 e. The van der Waals surface area contributed by atoms with Gasteiger partial charge in [-0.3, -0.25) is 0 Å². The molecule has 0 aliphatic rings. The van der Waals surface area contributed by atoms with Gasteiger partial charge in [0.1, 0.15) is 13.2 Å². The Morgan fingerprint density at radius 3 is 2.67 bits per heavy atom. The Kier molecular flexibility index (Phi) is 5.03. The van der Waals surface area contributed by atoms with E-state index in [9.17, 15) is 17.6 Å². The van der Waals surface area contributed by atoms with Crippen LogP contribution in [0.15, 0.2) is 4.52 Å². The van der Waals surface area contributed by atoms with Gasteiger partial charge in [-0.2, -0.15) is 13.8 Å². The van der Waals surface area contributed by atoms with Crippen molar-refractivity contribution in [3.05, 3.63) is 11.7 Å². The molecule has 5 nitrogen and oxygen atoms in total. The summed E-state index contributed by atoms with van der Waals surface area (Å²) in [6.45, 7) is -0.101. The standard InChI is InChI=1S/C9H13F4N3O2/c1-5(14)2-7-15-6(16-18-7)3-17-4-9(12,13)8(10)11/h5,8H,2-4,14H2,1H3. The summed E-state index contributed by atoms with van der Waals surface area (Å²) in [5.74, 6) is -3.93. The van der Waals surface area contributed by atoms with Crippen LogP contribution in [0.1, 0.15) is 18.6 Å². The maximum absolute atomic E-state index is 12.5. The first kappa shape index (κ1) is 14.8. The molecule has 2 N–H and O–H groups in total. The van der Waals surface area contributed by atoms with Crippen LogP contribution < -0.4 is 5.73 Å². The summed E-state index contributed by atoms with van der Waals surface area (Å²) in [6, 6.07) is -0.192. The van der Waals surface area contributed by atoms with E-state index < -0.39 is 25.6 Å². The summed E-state index contributed by atoms with van der Waals surface area (Å²) in [6.07, 6.45) is -3.43. The van der Waals surface area contributed by atoms with Crippen molar-refractivity contribution in [1.29, 1.82) is 0 Å². The number of aromatic nitrogens is 2. The first-order chi connectivity index (χ1) is 8.31. The Labute approximate surface area is 100 Å². The monoisotopic (exact) mass is 271 g/mol. The van der Waals surface area contributed by atoms with E-state index in [1.807, 2.05) is 0 Å². The molecule has 9 heteroatoms. The molecule has 18 heavy (non-hydrogen) atoms. The van der Waals surface area contributed by atoms with E-state index in [0.717, 1.165) is 0 Å². The molecule has 1 unspecified atom stereocenters. The van der Waals surface area contributed by atoms with Gasteiger partial charge in [0, 0.05) is 12.5 Å². The molecule has 0 bridgehead atoms. The van der Waals surface area contributed by atoms with Crippen molar-refractivity contribution in [2.75, 3.05) is 6.61 Å². The lowest BCUT2D eigenvalue weighted by Gasteiger charge is -2.14.